The molecule has 3 nitrogen and oxygen atoms in total. The maximum absolute atomic E-state index is 12.1. The second-order valence-electron chi connectivity index (χ2n) is 4.92. The highest BCUT2D eigenvalue weighted by atomic mass is 35.6. The minimum Gasteiger partial charge on any atom is -0.336 e. The van der Waals surface area contributed by atoms with Crippen molar-refractivity contribution < 1.29 is 4.79 Å². The van der Waals surface area contributed by atoms with Crippen molar-refractivity contribution in [1.82, 2.24) is 10.2 Å². The molecular formula is C14H17Cl3N2O. The molecule has 1 aromatic carbocycles. The Morgan fingerprint density at radius 3 is 2.35 bits per heavy atom. The molecule has 0 radical (unpaired) electrons. The minimum absolute atomic E-state index is 0.139. The Morgan fingerprint density at radius 2 is 1.80 bits per heavy atom. The third-order valence-electron chi connectivity index (χ3n) is 3.32. The molecule has 1 atom stereocenters. The molecule has 1 aliphatic heterocycles. The van der Waals surface area contributed by atoms with E-state index in [9.17, 15) is 4.79 Å². The fourth-order valence-electron chi connectivity index (χ4n) is 2.36. The second-order valence-corrected chi connectivity index (χ2v) is 7.29. The van der Waals surface area contributed by atoms with E-state index in [2.05, 4.69) is 5.32 Å². The van der Waals surface area contributed by atoms with Crippen LogP contribution in [0.4, 0.5) is 0 Å². The molecule has 1 amide bonds. The molecule has 1 saturated heterocycles. The number of amides is 1. The molecule has 110 valence electrons. The van der Waals surface area contributed by atoms with Crippen LogP contribution in [0, 0.1) is 0 Å². The summed E-state index contributed by atoms with van der Waals surface area (Å²) >= 11 is 18.0. The zero-order valence-electron chi connectivity index (χ0n) is 11.0. The topological polar surface area (TPSA) is 32.3 Å². The third kappa shape index (κ3) is 4.52. The fourth-order valence-corrected chi connectivity index (χ4v) is 2.94. The van der Waals surface area contributed by atoms with Crippen molar-refractivity contribution in [2.24, 2.45) is 0 Å². The SMILES string of the molecule is O=C(Cc1ccccc1)NC(N1CCCC1)C(Cl)(Cl)Cl. The predicted molar refractivity (Wildman–Crippen MR) is 83.2 cm³/mol. The van der Waals surface area contributed by atoms with Gasteiger partial charge < -0.3 is 5.32 Å². The number of halogens is 3. The molecule has 0 aliphatic carbocycles. The Kier molecular flexibility index (Phi) is 5.56. The van der Waals surface area contributed by atoms with Gasteiger partial charge in [0.05, 0.1) is 6.42 Å². The monoisotopic (exact) mass is 334 g/mol. The summed E-state index contributed by atoms with van der Waals surface area (Å²) in [6.45, 7) is 1.67. The van der Waals surface area contributed by atoms with Gasteiger partial charge in [-0.25, -0.2) is 0 Å². The molecule has 20 heavy (non-hydrogen) atoms. The molecule has 2 rings (SSSR count). The van der Waals surface area contributed by atoms with Gasteiger partial charge in [0.1, 0.15) is 6.17 Å². The van der Waals surface area contributed by atoms with Gasteiger partial charge in [-0.15, -0.1) is 0 Å². The average molecular weight is 336 g/mol. The Balaban J connectivity index is 1.98. The summed E-state index contributed by atoms with van der Waals surface area (Å²) < 4.78 is -1.53. The standard InChI is InChI=1S/C14H17Cl3N2O/c15-14(16,17)13(19-8-4-5-9-19)18-12(20)10-11-6-2-1-3-7-11/h1-3,6-7,13H,4-5,8-10H2,(H,18,20). The maximum Gasteiger partial charge on any atom is 0.225 e. The van der Waals surface area contributed by atoms with Crippen LogP contribution in [0.3, 0.4) is 0 Å². The highest BCUT2D eigenvalue weighted by Crippen LogP contribution is 2.33. The fraction of sp³-hybridized carbons (Fsp3) is 0.500. The first-order valence-electron chi connectivity index (χ1n) is 6.61. The van der Waals surface area contributed by atoms with Gasteiger partial charge in [-0.2, -0.15) is 0 Å². The van der Waals surface area contributed by atoms with Gasteiger partial charge in [-0.05, 0) is 18.4 Å². The molecule has 1 heterocycles. The first kappa shape index (κ1) is 15.9. The number of carbonyl (C=O) groups is 1. The van der Waals surface area contributed by atoms with Gasteiger partial charge >= 0.3 is 0 Å². The van der Waals surface area contributed by atoms with Crippen LogP contribution in [-0.2, 0) is 11.2 Å². The molecular weight excluding hydrogens is 319 g/mol. The van der Waals surface area contributed by atoms with E-state index in [0.717, 1.165) is 31.5 Å². The minimum atomic E-state index is -1.53. The van der Waals surface area contributed by atoms with Crippen molar-refractivity contribution in [1.29, 1.82) is 0 Å². The quantitative estimate of drug-likeness (QED) is 0.857. The maximum atomic E-state index is 12.1. The summed E-state index contributed by atoms with van der Waals surface area (Å²) in [6, 6.07) is 9.51. The molecule has 1 aromatic rings. The van der Waals surface area contributed by atoms with E-state index in [-0.39, 0.29) is 12.3 Å². The van der Waals surface area contributed by atoms with E-state index >= 15 is 0 Å². The summed E-state index contributed by atoms with van der Waals surface area (Å²) in [5.41, 5.74) is 0.939. The molecule has 0 aromatic heterocycles. The lowest BCUT2D eigenvalue weighted by molar-refractivity contribution is -0.122. The van der Waals surface area contributed by atoms with Crippen LogP contribution in [0.1, 0.15) is 18.4 Å². The van der Waals surface area contributed by atoms with Crippen molar-refractivity contribution in [3.63, 3.8) is 0 Å². The van der Waals surface area contributed by atoms with E-state index in [1.165, 1.54) is 0 Å². The summed E-state index contributed by atoms with van der Waals surface area (Å²) in [7, 11) is 0. The number of hydrogen-bond acceptors (Lipinski definition) is 2. The Labute approximate surface area is 134 Å². The Bertz CT molecular complexity index is 441. The van der Waals surface area contributed by atoms with Crippen molar-refractivity contribution in [3.05, 3.63) is 35.9 Å². The van der Waals surface area contributed by atoms with Crippen LogP contribution in [-0.4, -0.2) is 33.9 Å². The van der Waals surface area contributed by atoms with Crippen LogP contribution < -0.4 is 5.32 Å². The lowest BCUT2D eigenvalue weighted by atomic mass is 10.1. The van der Waals surface area contributed by atoms with Crippen molar-refractivity contribution in [2.45, 2.75) is 29.2 Å². The first-order valence-corrected chi connectivity index (χ1v) is 7.74. The van der Waals surface area contributed by atoms with Gasteiger partial charge in [0.2, 0.25) is 9.70 Å². The number of hydrogen-bond donors (Lipinski definition) is 1. The number of nitrogens with zero attached hydrogens (tertiary/aromatic N) is 1. The van der Waals surface area contributed by atoms with Crippen molar-refractivity contribution in [2.75, 3.05) is 13.1 Å². The number of benzene rings is 1. The zero-order valence-corrected chi connectivity index (χ0v) is 13.3. The van der Waals surface area contributed by atoms with E-state index in [1.54, 1.807) is 0 Å². The Hall–Kier alpha value is -0.480. The number of carbonyl (C=O) groups excluding carboxylic acids is 1. The van der Waals surface area contributed by atoms with Crippen LogP contribution in [0.15, 0.2) is 30.3 Å². The predicted octanol–water partition coefficient (Wildman–Crippen LogP) is 3.14. The summed E-state index contributed by atoms with van der Waals surface area (Å²) in [5.74, 6) is -0.139. The lowest BCUT2D eigenvalue weighted by Gasteiger charge is -2.33. The van der Waals surface area contributed by atoms with Crippen LogP contribution in [0.25, 0.3) is 0 Å². The number of alkyl halides is 3. The number of rotatable bonds is 4. The highest BCUT2D eigenvalue weighted by Gasteiger charge is 2.39. The van der Waals surface area contributed by atoms with E-state index in [1.807, 2.05) is 35.2 Å². The average Bonchev–Trinajstić information content (AvgIpc) is 2.89. The largest absolute Gasteiger partial charge is 0.336 e. The van der Waals surface area contributed by atoms with Gasteiger partial charge in [0.25, 0.3) is 0 Å². The van der Waals surface area contributed by atoms with E-state index in [0.29, 0.717) is 0 Å². The number of nitrogens with one attached hydrogen (secondary N) is 1. The molecule has 1 aliphatic rings. The summed E-state index contributed by atoms with van der Waals surface area (Å²) in [6.07, 6.45) is 1.83. The van der Waals surface area contributed by atoms with Crippen molar-refractivity contribution in [3.8, 4) is 0 Å². The lowest BCUT2D eigenvalue weighted by Crippen LogP contribution is -2.54. The van der Waals surface area contributed by atoms with Crippen LogP contribution in [0.5, 0.6) is 0 Å². The van der Waals surface area contributed by atoms with Crippen molar-refractivity contribution >= 4 is 40.7 Å². The smallest absolute Gasteiger partial charge is 0.225 e. The molecule has 1 unspecified atom stereocenters. The molecule has 1 N–H and O–H groups in total. The Morgan fingerprint density at radius 1 is 1.20 bits per heavy atom. The van der Waals surface area contributed by atoms with Gasteiger partial charge in [-0.3, -0.25) is 9.69 Å². The summed E-state index contributed by atoms with van der Waals surface area (Å²) in [4.78, 5) is 14.1. The first-order chi connectivity index (χ1) is 9.47. The normalized spacial score (nSPS) is 17.9. The third-order valence-corrected chi connectivity index (χ3v) is 3.94. The highest BCUT2D eigenvalue weighted by molar-refractivity contribution is 6.68. The molecule has 0 bridgehead atoms. The molecule has 0 saturated carbocycles. The van der Waals surface area contributed by atoms with E-state index < -0.39 is 9.96 Å². The summed E-state index contributed by atoms with van der Waals surface area (Å²) in [5, 5.41) is 2.84. The molecule has 6 heteroatoms. The van der Waals surface area contributed by atoms with Gasteiger partial charge in [0, 0.05) is 13.1 Å². The zero-order chi connectivity index (χ0) is 14.6. The molecule has 1 fully saturated rings. The van der Waals surface area contributed by atoms with E-state index in [4.69, 9.17) is 34.8 Å². The van der Waals surface area contributed by atoms with Gasteiger partial charge in [-0.1, -0.05) is 65.1 Å². The number of likely N-dealkylation sites (tertiary alicyclic amines) is 1. The van der Waals surface area contributed by atoms with Crippen LogP contribution >= 0.6 is 34.8 Å². The van der Waals surface area contributed by atoms with Crippen LogP contribution in [0.2, 0.25) is 0 Å². The molecule has 0 spiro atoms. The van der Waals surface area contributed by atoms with Gasteiger partial charge in [0.15, 0.2) is 0 Å². The second kappa shape index (κ2) is 6.99.